The van der Waals surface area contributed by atoms with Crippen molar-refractivity contribution < 1.29 is 28.5 Å². The fourth-order valence-electron chi connectivity index (χ4n) is 2.26. The molecule has 1 N–H and O–H groups in total. The first-order chi connectivity index (χ1) is 12.7. The molecule has 3 rings (SSSR count). The lowest BCUT2D eigenvalue weighted by Gasteiger charge is -2.06. The van der Waals surface area contributed by atoms with Crippen LogP contribution in [0.15, 0.2) is 41.5 Å². The summed E-state index contributed by atoms with van der Waals surface area (Å²) in [6.45, 7) is -0.0140. The molecule has 0 atom stereocenters. The van der Waals surface area contributed by atoms with Crippen molar-refractivity contribution in [1.29, 1.82) is 0 Å². The molecule has 1 heterocycles. The molecular weight excluding hydrogens is 340 g/mol. The molecule has 0 aliphatic carbocycles. The minimum Gasteiger partial charge on any atom is -0.497 e. The minimum absolute atomic E-state index is 0.145. The third-order valence-electron chi connectivity index (χ3n) is 3.51. The molecule has 0 bridgehead atoms. The molecule has 8 nitrogen and oxygen atoms in total. The monoisotopic (exact) mass is 358 g/mol. The Morgan fingerprint density at radius 2 is 1.92 bits per heavy atom. The Morgan fingerprint density at radius 3 is 2.65 bits per heavy atom. The van der Waals surface area contributed by atoms with Gasteiger partial charge in [-0.1, -0.05) is 0 Å². The van der Waals surface area contributed by atoms with E-state index < -0.39 is 0 Å². The van der Waals surface area contributed by atoms with Gasteiger partial charge in [-0.3, -0.25) is 4.79 Å². The SMILES string of the molecule is COc1ccc(OCC(=O)N/N=C\c2cc(OC)c3c(c2)OCO3)cc1. The van der Waals surface area contributed by atoms with Crippen LogP contribution in [0.1, 0.15) is 5.56 Å². The second kappa shape index (κ2) is 8.11. The topological polar surface area (TPSA) is 87.6 Å². The van der Waals surface area contributed by atoms with Crippen LogP contribution in [-0.2, 0) is 4.79 Å². The van der Waals surface area contributed by atoms with Crippen molar-refractivity contribution in [3.8, 4) is 28.7 Å². The molecule has 2 aromatic carbocycles. The van der Waals surface area contributed by atoms with Crippen LogP contribution in [0, 0.1) is 0 Å². The molecule has 8 heteroatoms. The van der Waals surface area contributed by atoms with Crippen molar-refractivity contribution in [2.75, 3.05) is 27.6 Å². The molecule has 1 aliphatic heterocycles. The first-order valence-electron chi connectivity index (χ1n) is 7.76. The Morgan fingerprint density at radius 1 is 1.15 bits per heavy atom. The van der Waals surface area contributed by atoms with E-state index in [0.29, 0.717) is 34.3 Å². The molecule has 0 saturated carbocycles. The van der Waals surface area contributed by atoms with Crippen molar-refractivity contribution in [2.45, 2.75) is 0 Å². The van der Waals surface area contributed by atoms with Gasteiger partial charge < -0.3 is 23.7 Å². The maximum absolute atomic E-state index is 11.8. The summed E-state index contributed by atoms with van der Waals surface area (Å²) in [7, 11) is 3.12. The molecule has 26 heavy (non-hydrogen) atoms. The second-order valence-corrected chi connectivity index (χ2v) is 5.21. The van der Waals surface area contributed by atoms with E-state index in [4.69, 9.17) is 23.7 Å². The average molecular weight is 358 g/mol. The van der Waals surface area contributed by atoms with Crippen LogP contribution in [0.4, 0.5) is 0 Å². The maximum Gasteiger partial charge on any atom is 0.277 e. The number of nitrogens with zero attached hydrogens (tertiary/aromatic N) is 1. The van der Waals surface area contributed by atoms with Crippen LogP contribution < -0.4 is 29.1 Å². The highest BCUT2D eigenvalue weighted by molar-refractivity contribution is 5.84. The number of benzene rings is 2. The number of hydrogen-bond acceptors (Lipinski definition) is 7. The van der Waals surface area contributed by atoms with E-state index >= 15 is 0 Å². The van der Waals surface area contributed by atoms with Crippen LogP contribution in [0.2, 0.25) is 0 Å². The van der Waals surface area contributed by atoms with E-state index in [1.165, 1.54) is 13.3 Å². The van der Waals surface area contributed by atoms with Gasteiger partial charge in [-0.2, -0.15) is 5.10 Å². The largest absolute Gasteiger partial charge is 0.497 e. The molecule has 0 unspecified atom stereocenters. The predicted molar refractivity (Wildman–Crippen MR) is 93.3 cm³/mol. The van der Waals surface area contributed by atoms with Gasteiger partial charge in [0, 0.05) is 5.56 Å². The van der Waals surface area contributed by atoms with Gasteiger partial charge in [-0.25, -0.2) is 5.43 Å². The van der Waals surface area contributed by atoms with E-state index in [9.17, 15) is 4.79 Å². The highest BCUT2D eigenvalue weighted by atomic mass is 16.7. The lowest BCUT2D eigenvalue weighted by atomic mass is 10.2. The van der Waals surface area contributed by atoms with Crippen molar-refractivity contribution in [3.05, 3.63) is 42.0 Å². The normalized spacial score (nSPS) is 12.1. The maximum atomic E-state index is 11.8. The van der Waals surface area contributed by atoms with E-state index in [2.05, 4.69) is 10.5 Å². The Bertz CT molecular complexity index is 804. The number of ether oxygens (including phenoxy) is 5. The van der Waals surface area contributed by atoms with Gasteiger partial charge in [0.2, 0.25) is 12.5 Å². The number of rotatable bonds is 7. The van der Waals surface area contributed by atoms with Gasteiger partial charge in [-0.15, -0.1) is 0 Å². The molecule has 136 valence electrons. The fourth-order valence-corrected chi connectivity index (χ4v) is 2.26. The summed E-state index contributed by atoms with van der Waals surface area (Å²) in [5.74, 6) is 2.55. The Kier molecular flexibility index (Phi) is 5.43. The number of carbonyl (C=O) groups is 1. The summed E-state index contributed by atoms with van der Waals surface area (Å²) in [4.78, 5) is 11.8. The standard InChI is InChI=1S/C18H18N2O6/c1-22-13-3-5-14(6-4-13)24-10-17(21)20-19-9-12-7-15(23-2)18-16(8-12)25-11-26-18/h3-9H,10-11H2,1-2H3,(H,20,21)/b19-9-. The van der Waals surface area contributed by atoms with E-state index in [1.807, 2.05) is 0 Å². The van der Waals surface area contributed by atoms with Crippen LogP contribution in [0.5, 0.6) is 28.7 Å². The molecule has 0 saturated heterocycles. The number of hydrogen-bond donors (Lipinski definition) is 1. The van der Waals surface area contributed by atoms with Crippen molar-refractivity contribution >= 4 is 12.1 Å². The summed E-state index contributed by atoms with van der Waals surface area (Å²) in [5, 5.41) is 3.91. The van der Waals surface area contributed by atoms with Crippen LogP contribution in [0.3, 0.4) is 0 Å². The van der Waals surface area contributed by atoms with Gasteiger partial charge in [0.1, 0.15) is 11.5 Å². The first-order valence-corrected chi connectivity index (χ1v) is 7.76. The molecule has 0 spiro atoms. The Labute approximate surface area is 150 Å². The second-order valence-electron chi connectivity index (χ2n) is 5.21. The summed E-state index contributed by atoms with van der Waals surface area (Å²) in [6.07, 6.45) is 1.48. The van der Waals surface area contributed by atoms with Gasteiger partial charge in [0.25, 0.3) is 5.91 Å². The van der Waals surface area contributed by atoms with Crippen LogP contribution in [-0.4, -0.2) is 39.7 Å². The zero-order valence-corrected chi connectivity index (χ0v) is 14.4. The molecule has 0 radical (unpaired) electrons. The van der Waals surface area contributed by atoms with E-state index in [1.54, 1.807) is 43.5 Å². The van der Waals surface area contributed by atoms with Crippen molar-refractivity contribution in [2.24, 2.45) is 5.10 Å². The highest BCUT2D eigenvalue weighted by Gasteiger charge is 2.19. The summed E-state index contributed by atoms with van der Waals surface area (Å²) < 4.78 is 26.3. The lowest BCUT2D eigenvalue weighted by Crippen LogP contribution is -2.24. The zero-order chi connectivity index (χ0) is 18.4. The van der Waals surface area contributed by atoms with Crippen LogP contribution >= 0.6 is 0 Å². The number of amides is 1. The molecule has 2 aromatic rings. The molecule has 0 aromatic heterocycles. The molecule has 1 aliphatic rings. The smallest absolute Gasteiger partial charge is 0.277 e. The number of hydrazone groups is 1. The zero-order valence-electron chi connectivity index (χ0n) is 14.4. The molecular formula is C18H18N2O6. The summed E-state index contributed by atoms with van der Waals surface area (Å²) in [5.41, 5.74) is 3.09. The fraction of sp³-hybridized carbons (Fsp3) is 0.222. The minimum atomic E-state index is -0.384. The van der Waals surface area contributed by atoms with Gasteiger partial charge in [0.15, 0.2) is 18.1 Å². The summed E-state index contributed by atoms with van der Waals surface area (Å²) in [6, 6.07) is 10.4. The first kappa shape index (κ1) is 17.4. The number of methoxy groups -OCH3 is 2. The highest BCUT2D eigenvalue weighted by Crippen LogP contribution is 2.41. The van der Waals surface area contributed by atoms with E-state index in [0.717, 1.165) is 0 Å². The summed E-state index contributed by atoms with van der Waals surface area (Å²) >= 11 is 0. The number of fused-ring (bicyclic) bond motifs is 1. The van der Waals surface area contributed by atoms with Crippen molar-refractivity contribution in [1.82, 2.24) is 5.43 Å². The van der Waals surface area contributed by atoms with Gasteiger partial charge in [-0.05, 0) is 36.4 Å². The lowest BCUT2D eigenvalue weighted by molar-refractivity contribution is -0.123. The predicted octanol–water partition coefficient (Wildman–Crippen LogP) is 1.96. The third kappa shape index (κ3) is 4.15. The Balaban J connectivity index is 1.52. The van der Waals surface area contributed by atoms with Gasteiger partial charge in [0.05, 0.1) is 20.4 Å². The molecule has 1 amide bonds. The Hall–Kier alpha value is -3.42. The van der Waals surface area contributed by atoms with E-state index in [-0.39, 0.29) is 19.3 Å². The average Bonchev–Trinajstić information content (AvgIpc) is 3.14. The van der Waals surface area contributed by atoms with Crippen molar-refractivity contribution in [3.63, 3.8) is 0 Å². The van der Waals surface area contributed by atoms with Crippen LogP contribution in [0.25, 0.3) is 0 Å². The quantitative estimate of drug-likeness (QED) is 0.601. The third-order valence-corrected chi connectivity index (χ3v) is 3.51. The van der Waals surface area contributed by atoms with Gasteiger partial charge >= 0.3 is 0 Å². The number of carbonyl (C=O) groups excluding carboxylic acids is 1. The molecule has 0 fully saturated rings. The number of nitrogens with one attached hydrogen (secondary N) is 1.